The molecule has 0 aliphatic carbocycles. The van der Waals surface area contributed by atoms with Crippen LogP contribution in [-0.2, 0) is 0 Å². The quantitative estimate of drug-likeness (QED) is 0.756. The van der Waals surface area contributed by atoms with Crippen molar-refractivity contribution in [3.8, 4) is 0 Å². The van der Waals surface area contributed by atoms with Crippen molar-refractivity contribution in [2.24, 2.45) is 0 Å². The van der Waals surface area contributed by atoms with Crippen molar-refractivity contribution in [3.05, 3.63) is 19.5 Å². The molecule has 0 aromatic carbocycles. The molecule has 0 radical (unpaired) electrons. The highest BCUT2D eigenvalue weighted by atomic mass is 127. The molecule has 1 N–H and O–H groups in total. The van der Waals surface area contributed by atoms with Crippen LogP contribution in [0.25, 0.3) is 10.2 Å². The summed E-state index contributed by atoms with van der Waals surface area (Å²) in [5.41, 5.74) is 1.06. The van der Waals surface area contributed by atoms with E-state index in [4.69, 9.17) is 0 Å². The Bertz CT molecular complexity index is 495. The molecule has 2 rings (SSSR count). The second-order valence-corrected chi connectivity index (χ2v) is 7.35. The summed E-state index contributed by atoms with van der Waals surface area (Å²) in [5, 5.41) is 3.31. The Labute approximate surface area is 115 Å². The lowest BCUT2D eigenvalue weighted by molar-refractivity contribution is 0.891. The lowest BCUT2D eigenvalue weighted by atomic mass is 10.3. The first-order valence-corrected chi connectivity index (χ1v) is 7.27. The molecule has 0 saturated carbocycles. The van der Waals surface area contributed by atoms with Gasteiger partial charge in [-0.15, -0.1) is 11.3 Å². The van der Waals surface area contributed by atoms with Crippen molar-refractivity contribution in [1.82, 2.24) is 4.98 Å². The van der Waals surface area contributed by atoms with E-state index in [1.165, 1.54) is 7.58 Å². The number of fused-ring (bicyclic) bond motifs is 1. The number of aromatic nitrogens is 1. The molecule has 0 aliphatic rings. The van der Waals surface area contributed by atoms with E-state index >= 15 is 0 Å². The molecule has 0 saturated heterocycles. The van der Waals surface area contributed by atoms with Crippen molar-refractivity contribution >= 4 is 65.9 Å². The van der Waals surface area contributed by atoms with E-state index in [-0.39, 0.29) is 0 Å². The fourth-order valence-electron chi connectivity index (χ4n) is 1.32. The molecule has 2 heterocycles. The molecule has 5 heteroatoms. The zero-order valence-corrected chi connectivity index (χ0v) is 12.9. The van der Waals surface area contributed by atoms with E-state index in [9.17, 15) is 0 Å². The largest absolute Gasteiger partial charge is 0.368 e. The fourth-order valence-corrected chi connectivity index (χ4v) is 3.67. The molecule has 0 spiro atoms. The van der Waals surface area contributed by atoms with E-state index in [0.717, 1.165) is 15.8 Å². The minimum atomic E-state index is 0.402. The van der Waals surface area contributed by atoms with E-state index in [1.807, 2.05) is 6.07 Å². The molecule has 2 aromatic heterocycles. The Kier molecular flexibility index (Phi) is 3.52. The highest BCUT2D eigenvalue weighted by Crippen LogP contribution is 2.33. The number of nitrogens with zero attached hydrogens (tertiary/aromatic N) is 1. The second-order valence-electron chi connectivity index (χ2n) is 3.55. The SMILES string of the molecule is CC(C)Nc1cc(Br)c2sc(I)cc2n1. The summed E-state index contributed by atoms with van der Waals surface area (Å²) < 4.78 is 3.59. The number of halogens is 2. The van der Waals surface area contributed by atoms with Crippen LogP contribution in [-0.4, -0.2) is 11.0 Å². The molecule has 15 heavy (non-hydrogen) atoms. The molecule has 0 aliphatic heterocycles. The first-order chi connectivity index (χ1) is 7.06. The fraction of sp³-hybridized carbons (Fsp3) is 0.300. The molecule has 0 bridgehead atoms. The predicted octanol–water partition coefficient (Wildman–Crippen LogP) is 4.48. The van der Waals surface area contributed by atoms with E-state index < -0.39 is 0 Å². The summed E-state index contributed by atoms with van der Waals surface area (Å²) >= 11 is 7.66. The molecule has 0 fully saturated rings. The maximum Gasteiger partial charge on any atom is 0.128 e. The Balaban J connectivity index is 2.51. The molecule has 0 unspecified atom stereocenters. The van der Waals surface area contributed by atoms with Crippen LogP contribution in [0, 0.1) is 2.88 Å². The standard InChI is InChI=1S/C10H10BrIN2S/c1-5(2)13-9-3-6(11)10-7(14-9)4-8(12)15-10/h3-5H,1-2H3,(H,13,14). The number of rotatable bonds is 2. The summed E-state index contributed by atoms with van der Waals surface area (Å²) in [6.45, 7) is 4.22. The van der Waals surface area contributed by atoms with E-state index in [2.05, 4.69) is 68.7 Å². The third-order valence-corrected chi connectivity index (χ3v) is 4.65. The van der Waals surface area contributed by atoms with Crippen molar-refractivity contribution in [1.29, 1.82) is 0 Å². The Morgan fingerprint density at radius 3 is 2.87 bits per heavy atom. The minimum absolute atomic E-state index is 0.402. The third-order valence-electron chi connectivity index (χ3n) is 1.84. The van der Waals surface area contributed by atoms with Crippen LogP contribution < -0.4 is 5.32 Å². The molecule has 80 valence electrons. The van der Waals surface area contributed by atoms with Gasteiger partial charge in [-0.1, -0.05) is 0 Å². The smallest absolute Gasteiger partial charge is 0.128 e. The number of thiophene rings is 1. The number of nitrogens with one attached hydrogen (secondary N) is 1. The molecular weight excluding hydrogens is 387 g/mol. The Hall–Kier alpha value is 0.120. The van der Waals surface area contributed by atoms with Gasteiger partial charge < -0.3 is 5.32 Å². The van der Waals surface area contributed by atoms with Crippen LogP contribution in [0.4, 0.5) is 5.82 Å². The van der Waals surface area contributed by atoms with Crippen LogP contribution in [0.5, 0.6) is 0 Å². The van der Waals surface area contributed by atoms with Gasteiger partial charge in [0.2, 0.25) is 0 Å². The molecule has 2 aromatic rings. The Morgan fingerprint density at radius 1 is 1.47 bits per heavy atom. The van der Waals surface area contributed by atoms with Gasteiger partial charge in [0.1, 0.15) is 5.82 Å². The summed E-state index contributed by atoms with van der Waals surface area (Å²) in [5.74, 6) is 0.929. The number of anilines is 1. The van der Waals surface area contributed by atoms with Crippen LogP contribution in [0.3, 0.4) is 0 Å². The summed E-state index contributed by atoms with van der Waals surface area (Å²) in [7, 11) is 0. The normalized spacial score (nSPS) is 11.3. The van der Waals surface area contributed by atoms with Gasteiger partial charge in [0.05, 0.1) is 13.1 Å². The summed E-state index contributed by atoms with van der Waals surface area (Å²) in [4.78, 5) is 4.56. The average molecular weight is 397 g/mol. The minimum Gasteiger partial charge on any atom is -0.368 e. The summed E-state index contributed by atoms with van der Waals surface area (Å²) in [6.07, 6.45) is 0. The maximum absolute atomic E-state index is 4.56. The third kappa shape index (κ3) is 2.62. The van der Waals surface area contributed by atoms with Gasteiger partial charge in [-0.3, -0.25) is 0 Å². The first-order valence-electron chi connectivity index (χ1n) is 4.58. The van der Waals surface area contributed by atoms with Gasteiger partial charge in [-0.25, -0.2) is 4.98 Å². The van der Waals surface area contributed by atoms with Gasteiger partial charge >= 0.3 is 0 Å². The van der Waals surface area contributed by atoms with Crippen LogP contribution in [0.15, 0.2) is 16.6 Å². The highest BCUT2D eigenvalue weighted by molar-refractivity contribution is 14.1. The van der Waals surface area contributed by atoms with Crippen LogP contribution >= 0.6 is 49.9 Å². The van der Waals surface area contributed by atoms with Gasteiger partial charge in [-0.05, 0) is 64.5 Å². The maximum atomic E-state index is 4.56. The van der Waals surface area contributed by atoms with Gasteiger partial charge in [0.15, 0.2) is 0 Å². The van der Waals surface area contributed by atoms with Crippen molar-refractivity contribution < 1.29 is 0 Å². The van der Waals surface area contributed by atoms with Crippen molar-refractivity contribution in [2.45, 2.75) is 19.9 Å². The predicted molar refractivity (Wildman–Crippen MR) is 78.8 cm³/mol. The lowest BCUT2D eigenvalue weighted by Crippen LogP contribution is -2.10. The van der Waals surface area contributed by atoms with Crippen LogP contribution in [0.1, 0.15) is 13.8 Å². The van der Waals surface area contributed by atoms with Gasteiger partial charge in [-0.2, -0.15) is 0 Å². The highest BCUT2D eigenvalue weighted by Gasteiger charge is 2.07. The lowest BCUT2D eigenvalue weighted by Gasteiger charge is -2.09. The van der Waals surface area contributed by atoms with E-state index in [1.54, 1.807) is 11.3 Å². The van der Waals surface area contributed by atoms with Crippen molar-refractivity contribution in [2.75, 3.05) is 5.32 Å². The van der Waals surface area contributed by atoms with Crippen LogP contribution in [0.2, 0.25) is 0 Å². The number of pyridine rings is 1. The monoisotopic (exact) mass is 396 g/mol. The average Bonchev–Trinajstić information content (AvgIpc) is 2.44. The molecule has 0 amide bonds. The van der Waals surface area contributed by atoms with E-state index in [0.29, 0.717) is 6.04 Å². The zero-order valence-electron chi connectivity index (χ0n) is 8.34. The number of hydrogen-bond donors (Lipinski definition) is 1. The van der Waals surface area contributed by atoms with Gasteiger partial charge in [0, 0.05) is 10.5 Å². The molecule has 2 nitrogen and oxygen atoms in total. The van der Waals surface area contributed by atoms with Crippen molar-refractivity contribution in [3.63, 3.8) is 0 Å². The summed E-state index contributed by atoms with van der Waals surface area (Å²) in [6, 6.07) is 4.55. The molecular formula is C10H10BrIN2S. The second kappa shape index (κ2) is 4.55. The molecule has 0 atom stereocenters. The zero-order chi connectivity index (χ0) is 11.0. The Morgan fingerprint density at radius 2 is 2.20 bits per heavy atom. The van der Waals surface area contributed by atoms with Gasteiger partial charge in [0.25, 0.3) is 0 Å². The first kappa shape index (κ1) is 11.6. The topological polar surface area (TPSA) is 24.9 Å². The number of hydrogen-bond acceptors (Lipinski definition) is 3.